The first-order valence-corrected chi connectivity index (χ1v) is 9.10. The lowest BCUT2D eigenvalue weighted by atomic mass is 9.94. The Hall–Kier alpha value is -2.66. The fourth-order valence-electron chi connectivity index (χ4n) is 3.92. The van der Waals surface area contributed by atoms with Crippen molar-refractivity contribution in [3.8, 4) is 5.75 Å². The molecule has 2 N–H and O–H groups in total. The van der Waals surface area contributed by atoms with Gasteiger partial charge in [-0.05, 0) is 35.8 Å². The second kappa shape index (κ2) is 5.95. The van der Waals surface area contributed by atoms with E-state index in [4.69, 9.17) is 16.3 Å². The molecule has 0 radical (unpaired) electrons. The Kier molecular flexibility index (Phi) is 3.57. The number of anilines is 1. The van der Waals surface area contributed by atoms with Crippen molar-refractivity contribution in [3.05, 3.63) is 69.9 Å². The SMILES string of the molecule is OC1=NN(C2CCOc3ccccc32)CC2=C1Nc1cc(Cl)ccc1C2. The fraction of sp³-hybridized carbons (Fsp3) is 0.250. The van der Waals surface area contributed by atoms with E-state index in [2.05, 4.69) is 16.5 Å². The van der Waals surface area contributed by atoms with Crippen LogP contribution in [-0.2, 0) is 6.42 Å². The Morgan fingerprint density at radius 3 is 3.04 bits per heavy atom. The maximum absolute atomic E-state index is 10.6. The number of rotatable bonds is 1. The molecule has 2 aromatic rings. The lowest BCUT2D eigenvalue weighted by molar-refractivity contribution is 0.148. The third kappa shape index (κ3) is 2.51. The van der Waals surface area contributed by atoms with Gasteiger partial charge in [0.05, 0.1) is 19.2 Å². The number of halogens is 1. The van der Waals surface area contributed by atoms with Crippen LogP contribution in [0.15, 0.2) is 58.8 Å². The van der Waals surface area contributed by atoms with E-state index in [-0.39, 0.29) is 11.9 Å². The summed E-state index contributed by atoms with van der Waals surface area (Å²) in [4.78, 5) is 0. The van der Waals surface area contributed by atoms with E-state index in [1.807, 2.05) is 41.4 Å². The van der Waals surface area contributed by atoms with Crippen molar-refractivity contribution in [2.24, 2.45) is 5.10 Å². The Labute approximate surface area is 156 Å². The van der Waals surface area contributed by atoms with Crippen molar-refractivity contribution in [2.75, 3.05) is 18.5 Å². The second-order valence-corrected chi connectivity index (χ2v) is 7.23. The molecule has 0 saturated heterocycles. The molecule has 0 spiro atoms. The standard InChI is InChI=1S/C20H18ClN3O2/c21-14-6-5-12-9-13-11-24(23-20(25)19(13)22-16(12)10-14)17-7-8-26-18-4-2-1-3-15(17)18/h1-6,10,17,22H,7-9,11H2,(H,23,25). The molecule has 0 amide bonds. The average Bonchev–Trinajstić information content (AvgIpc) is 2.66. The van der Waals surface area contributed by atoms with Crippen molar-refractivity contribution >= 4 is 23.2 Å². The predicted octanol–water partition coefficient (Wildman–Crippen LogP) is 4.27. The quantitative estimate of drug-likeness (QED) is 0.790. The zero-order valence-corrected chi connectivity index (χ0v) is 14.8. The number of fused-ring (bicyclic) bond motifs is 2. The average molecular weight is 368 g/mol. The number of para-hydroxylation sites is 1. The summed E-state index contributed by atoms with van der Waals surface area (Å²) in [6.45, 7) is 1.33. The molecule has 0 fully saturated rings. The minimum atomic E-state index is 0.0286. The van der Waals surface area contributed by atoms with Gasteiger partial charge in [0.1, 0.15) is 11.4 Å². The van der Waals surface area contributed by atoms with E-state index in [0.29, 0.717) is 23.9 Å². The van der Waals surface area contributed by atoms with Crippen molar-refractivity contribution in [1.29, 1.82) is 0 Å². The normalized spacial score (nSPS) is 21.0. The van der Waals surface area contributed by atoms with E-state index in [0.717, 1.165) is 35.4 Å². The molecule has 5 nitrogen and oxygen atoms in total. The Bertz CT molecular complexity index is 954. The molecule has 0 aromatic heterocycles. The van der Waals surface area contributed by atoms with Crippen LogP contribution in [0.2, 0.25) is 5.02 Å². The Morgan fingerprint density at radius 2 is 2.12 bits per heavy atom. The summed E-state index contributed by atoms with van der Waals surface area (Å²) in [6, 6.07) is 14.0. The molecule has 132 valence electrons. The number of benzene rings is 2. The minimum absolute atomic E-state index is 0.0286. The van der Waals surface area contributed by atoms with Gasteiger partial charge in [-0.25, -0.2) is 0 Å². The van der Waals surface area contributed by atoms with Crippen LogP contribution in [-0.4, -0.2) is 29.2 Å². The molecule has 2 aromatic carbocycles. The molecule has 1 unspecified atom stereocenters. The number of nitrogens with one attached hydrogen (secondary N) is 1. The van der Waals surface area contributed by atoms with Crippen LogP contribution in [0, 0.1) is 0 Å². The van der Waals surface area contributed by atoms with Crippen LogP contribution in [0.5, 0.6) is 5.75 Å². The van der Waals surface area contributed by atoms with E-state index < -0.39 is 0 Å². The summed E-state index contributed by atoms with van der Waals surface area (Å²) >= 11 is 6.09. The van der Waals surface area contributed by atoms with Gasteiger partial charge in [-0.2, -0.15) is 0 Å². The molecule has 0 bridgehead atoms. The second-order valence-electron chi connectivity index (χ2n) is 6.79. The number of aliphatic hydroxyl groups is 1. The summed E-state index contributed by atoms with van der Waals surface area (Å²) in [5.74, 6) is 0.931. The summed E-state index contributed by atoms with van der Waals surface area (Å²) in [5.41, 5.74) is 5.07. The lowest BCUT2D eigenvalue weighted by Gasteiger charge is -2.38. The highest BCUT2D eigenvalue weighted by molar-refractivity contribution is 6.30. The van der Waals surface area contributed by atoms with Gasteiger partial charge in [0.2, 0.25) is 0 Å². The van der Waals surface area contributed by atoms with Crippen molar-refractivity contribution < 1.29 is 9.84 Å². The third-order valence-corrected chi connectivity index (χ3v) is 5.41. The highest BCUT2D eigenvalue weighted by Crippen LogP contribution is 2.39. The van der Waals surface area contributed by atoms with E-state index in [1.165, 1.54) is 5.56 Å². The number of ether oxygens (including phenoxy) is 1. The van der Waals surface area contributed by atoms with Crippen molar-refractivity contribution in [3.63, 3.8) is 0 Å². The van der Waals surface area contributed by atoms with Gasteiger partial charge in [-0.15, -0.1) is 5.10 Å². The molecule has 5 rings (SSSR count). The largest absolute Gasteiger partial charge is 0.493 e. The molecule has 0 aliphatic carbocycles. The first-order valence-electron chi connectivity index (χ1n) is 8.73. The highest BCUT2D eigenvalue weighted by atomic mass is 35.5. The number of hydrogen-bond donors (Lipinski definition) is 2. The van der Waals surface area contributed by atoms with Crippen LogP contribution in [0.1, 0.15) is 23.6 Å². The molecule has 3 heterocycles. The smallest absolute Gasteiger partial charge is 0.252 e. The summed E-state index contributed by atoms with van der Waals surface area (Å²) < 4.78 is 5.76. The predicted molar refractivity (Wildman–Crippen MR) is 102 cm³/mol. The monoisotopic (exact) mass is 367 g/mol. The Morgan fingerprint density at radius 1 is 1.23 bits per heavy atom. The maximum atomic E-state index is 10.6. The van der Waals surface area contributed by atoms with E-state index >= 15 is 0 Å². The van der Waals surface area contributed by atoms with Gasteiger partial charge in [0.15, 0.2) is 0 Å². The Balaban J connectivity index is 1.47. The molecule has 3 aliphatic heterocycles. The maximum Gasteiger partial charge on any atom is 0.252 e. The number of hydrogen-bond acceptors (Lipinski definition) is 4. The first-order chi connectivity index (χ1) is 12.7. The molecule has 3 aliphatic rings. The molecule has 26 heavy (non-hydrogen) atoms. The van der Waals surface area contributed by atoms with E-state index in [9.17, 15) is 5.11 Å². The van der Waals surface area contributed by atoms with Crippen LogP contribution < -0.4 is 10.1 Å². The molecule has 0 saturated carbocycles. The van der Waals surface area contributed by atoms with Gasteiger partial charge in [0.25, 0.3) is 5.90 Å². The summed E-state index contributed by atoms with van der Waals surface area (Å²) in [5, 5.41) is 21.0. The zero-order valence-electron chi connectivity index (χ0n) is 14.1. The molecule has 1 atom stereocenters. The van der Waals surface area contributed by atoms with Crippen LogP contribution in [0.4, 0.5) is 5.69 Å². The zero-order chi connectivity index (χ0) is 17.7. The van der Waals surface area contributed by atoms with Crippen LogP contribution in [0.25, 0.3) is 0 Å². The van der Waals surface area contributed by atoms with Crippen molar-refractivity contribution in [1.82, 2.24) is 5.01 Å². The van der Waals surface area contributed by atoms with Crippen LogP contribution >= 0.6 is 11.6 Å². The van der Waals surface area contributed by atoms with E-state index in [1.54, 1.807) is 0 Å². The first kappa shape index (κ1) is 15.6. The van der Waals surface area contributed by atoms with Gasteiger partial charge >= 0.3 is 0 Å². The lowest BCUT2D eigenvalue weighted by Crippen LogP contribution is -2.37. The highest BCUT2D eigenvalue weighted by Gasteiger charge is 2.33. The summed E-state index contributed by atoms with van der Waals surface area (Å²) in [6.07, 6.45) is 1.62. The summed E-state index contributed by atoms with van der Waals surface area (Å²) in [7, 11) is 0. The van der Waals surface area contributed by atoms with Gasteiger partial charge in [-0.3, -0.25) is 5.01 Å². The number of aliphatic hydroxyl groups excluding tert-OH is 1. The molecular weight excluding hydrogens is 350 g/mol. The fourth-order valence-corrected chi connectivity index (χ4v) is 4.10. The van der Waals surface area contributed by atoms with Gasteiger partial charge in [0, 0.05) is 22.7 Å². The van der Waals surface area contributed by atoms with Crippen LogP contribution in [0.3, 0.4) is 0 Å². The topological polar surface area (TPSA) is 57.1 Å². The van der Waals surface area contributed by atoms with Gasteiger partial charge < -0.3 is 15.2 Å². The van der Waals surface area contributed by atoms with Crippen molar-refractivity contribution in [2.45, 2.75) is 18.9 Å². The number of hydrazone groups is 1. The molecule has 6 heteroatoms. The third-order valence-electron chi connectivity index (χ3n) is 5.18. The van der Waals surface area contributed by atoms with Gasteiger partial charge in [-0.1, -0.05) is 35.9 Å². The minimum Gasteiger partial charge on any atom is -0.493 e. The number of nitrogens with zero attached hydrogens (tertiary/aromatic N) is 2. The molecular formula is C20H18ClN3O2.